The summed E-state index contributed by atoms with van der Waals surface area (Å²) in [6.45, 7) is 4.07. The Hall–Kier alpha value is -1.65. The van der Waals surface area contributed by atoms with Crippen LogP contribution in [0.2, 0.25) is 0 Å². The highest BCUT2D eigenvalue weighted by Crippen LogP contribution is 2.19. The molecule has 0 saturated carbocycles. The van der Waals surface area contributed by atoms with E-state index in [1.807, 2.05) is 49.6 Å². The molecule has 2 aromatic rings. The Kier molecular flexibility index (Phi) is 5.15. The lowest BCUT2D eigenvalue weighted by Crippen LogP contribution is -2.47. The first-order valence-electron chi connectivity index (χ1n) is 7.13. The van der Waals surface area contributed by atoms with Gasteiger partial charge in [-0.25, -0.2) is 0 Å². The van der Waals surface area contributed by atoms with Crippen molar-refractivity contribution in [3.05, 3.63) is 58.3 Å². The number of benzene rings is 1. The van der Waals surface area contributed by atoms with E-state index in [0.29, 0.717) is 0 Å². The van der Waals surface area contributed by atoms with Crippen molar-refractivity contribution in [2.24, 2.45) is 5.73 Å². The fourth-order valence-corrected chi connectivity index (χ4v) is 2.90. The van der Waals surface area contributed by atoms with Crippen LogP contribution in [0.5, 0.6) is 0 Å². The van der Waals surface area contributed by atoms with Crippen LogP contribution in [0.1, 0.15) is 36.8 Å². The maximum absolute atomic E-state index is 12.2. The second-order valence-electron chi connectivity index (χ2n) is 5.85. The maximum Gasteiger partial charge on any atom is 0.242 e. The van der Waals surface area contributed by atoms with Crippen molar-refractivity contribution in [2.75, 3.05) is 0 Å². The van der Waals surface area contributed by atoms with Gasteiger partial charge in [0.05, 0.1) is 0 Å². The SMILES string of the molecule is CC(C)(CCc1ccccc1)NC(=O)C(N)c1cccs1. The van der Waals surface area contributed by atoms with E-state index >= 15 is 0 Å². The summed E-state index contributed by atoms with van der Waals surface area (Å²) < 4.78 is 0. The summed E-state index contributed by atoms with van der Waals surface area (Å²) in [5.41, 5.74) is 7.00. The van der Waals surface area contributed by atoms with Gasteiger partial charge in [-0.2, -0.15) is 0 Å². The third-order valence-corrected chi connectivity index (χ3v) is 4.43. The van der Waals surface area contributed by atoms with Crippen molar-refractivity contribution in [3.8, 4) is 0 Å². The molecule has 3 N–H and O–H groups in total. The number of carbonyl (C=O) groups excluding carboxylic acids is 1. The van der Waals surface area contributed by atoms with Crippen molar-refractivity contribution >= 4 is 17.2 Å². The van der Waals surface area contributed by atoms with E-state index in [0.717, 1.165) is 17.7 Å². The number of nitrogens with one attached hydrogen (secondary N) is 1. The largest absolute Gasteiger partial charge is 0.350 e. The van der Waals surface area contributed by atoms with Gasteiger partial charge in [0.2, 0.25) is 5.91 Å². The zero-order chi connectivity index (χ0) is 15.3. The summed E-state index contributed by atoms with van der Waals surface area (Å²) in [4.78, 5) is 13.1. The van der Waals surface area contributed by atoms with Crippen LogP contribution in [0.3, 0.4) is 0 Å². The van der Waals surface area contributed by atoms with E-state index in [1.165, 1.54) is 16.9 Å². The van der Waals surface area contributed by atoms with E-state index in [2.05, 4.69) is 17.4 Å². The summed E-state index contributed by atoms with van der Waals surface area (Å²) in [7, 11) is 0. The number of hydrogen-bond acceptors (Lipinski definition) is 3. The lowest BCUT2D eigenvalue weighted by atomic mass is 9.95. The molecule has 0 fully saturated rings. The Labute approximate surface area is 130 Å². The third-order valence-electron chi connectivity index (χ3n) is 3.48. The lowest BCUT2D eigenvalue weighted by molar-refractivity contribution is -0.124. The van der Waals surface area contributed by atoms with Gasteiger partial charge in [-0.3, -0.25) is 4.79 Å². The molecule has 1 aromatic heterocycles. The van der Waals surface area contributed by atoms with E-state index in [9.17, 15) is 4.79 Å². The molecule has 0 spiro atoms. The molecule has 0 aliphatic rings. The van der Waals surface area contributed by atoms with Crippen molar-refractivity contribution in [1.82, 2.24) is 5.32 Å². The molecule has 1 unspecified atom stereocenters. The number of carbonyl (C=O) groups is 1. The summed E-state index contributed by atoms with van der Waals surface area (Å²) in [6, 6.07) is 13.5. The van der Waals surface area contributed by atoms with Crippen molar-refractivity contribution in [1.29, 1.82) is 0 Å². The first kappa shape index (κ1) is 15.7. The summed E-state index contributed by atoms with van der Waals surface area (Å²) in [5.74, 6) is -0.115. The molecule has 0 saturated heterocycles. The smallest absolute Gasteiger partial charge is 0.242 e. The molecule has 0 bridgehead atoms. The highest BCUT2D eigenvalue weighted by Gasteiger charge is 2.24. The molecule has 1 amide bonds. The van der Waals surface area contributed by atoms with E-state index < -0.39 is 6.04 Å². The fraction of sp³-hybridized carbons (Fsp3) is 0.353. The maximum atomic E-state index is 12.2. The van der Waals surface area contributed by atoms with Gasteiger partial charge in [0, 0.05) is 10.4 Å². The van der Waals surface area contributed by atoms with Gasteiger partial charge in [0.1, 0.15) is 6.04 Å². The summed E-state index contributed by atoms with van der Waals surface area (Å²) >= 11 is 1.51. The number of aryl methyl sites for hydroxylation is 1. The standard InChI is InChI=1S/C17H22N2OS/c1-17(2,11-10-13-7-4-3-5-8-13)19-16(20)15(18)14-9-6-12-21-14/h3-9,12,15H,10-11,18H2,1-2H3,(H,19,20). The average molecular weight is 302 g/mol. The number of thiophene rings is 1. The van der Waals surface area contributed by atoms with Crippen molar-refractivity contribution in [3.63, 3.8) is 0 Å². The van der Waals surface area contributed by atoms with Gasteiger partial charge >= 0.3 is 0 Å². The van der Waals surface area contributed by atoms with Gasteiger partial charge in [0.25, 0.3) is 0 Å². The zero-order valence-corrected chi connectivity index (χ0v) is 13.3. The number of hydrogen-bond donors (Lipinski definition) is 2. The quantitative estimate of drug-likeness (QED) is 0.860. The van der Waals surface area contributed by atoms with Gasteiger partial charge in [-0.05, 0) is 43.7 Å². The minimum absolute atomic E-state index is 0.115. The first-order valence-corrected chi connectivity index (χ1v) is 8.01. The highest BCUT2D eigenvalue weighted by molar-refractivity contribution is 7.10. The van der Waals surface area contributed by atoms with Crippen LogP contribution < -0.4 is 11.1 Å². The molecule has 1 heterocycles. The van der Waals surface area contributed by atoms with E-state index in [4.69, 9.17) is 5.73 Å². The Morgan fingerprint density at radius 2 is 1.95 bits per heavy atom. The second kappa shape index (κ2) is 6.87. The number of amides is 1. The first-order chi connectivity index (χ1) is 9.98. The van der Waals surface area contributed by atoms with Crippen LogP contribution in [0.25, 0.3) is 0 Å². The van der Waals surface area contributed by atoms with E-state index in [-0.39, 0.29) is 11.4 Å². The molecule has 1 aromatic carbocycles. The minimum atomic E-state index is -0.582. The summed E-state index contributed by atoms with van der Waals surface area (Å²) in [5, 5.41) is 4.99. The second-order valence-corrected chi connectivity index (χ2v) is 6.83. The molecule has 3 nitrogen and oxygen atoms in total. The van der Waals surface area contributed by atoms with Crippen LogP contribution in [0.4, 0.5) is 0 Å². The topological polar surface area (TPSA) is 55.1 Å². The lowest BCUT2D eigenvalue weighted by Gasteiger charge is -2.28. The van der Waals surface area contributed by atoms with Crippen molar-refractivity contribution in [2.45, 2.75) is 38.3 Å². The average Bonchev–Trinajstić information content (AvgIpc) is 2.99. The Morgan fingerprint density at radius 1 is 1.24 bits per heavy atom. The number of rotatable bonds is 6. The molecule has 0 aliphatic heterocycles. The zero-order valence-electron chi connectivity index (χ0n) is 12.5. The molecular weight excluding hydrogens is 280 g/mol. The van der Waals surface area contributed by atoms with E-state index in [1.54, 1.807) is 0 Å². The molecule has 21 heavy (non-hydrogen) atoms. The summed E-state index contributed by atoms with van der Waals surface area (Å²) in [6.07, 6.45) is 1.81. The Morgan fingerprint density at radius 3 is 2.57 bits per heavy atom. The monoisotopic (exact) mass is 302 g/mol. The molecule has 2 rings (SSSR count). The fourth-order valence-electron chi connectivity index (χ4n) is 2.17. The highest BCUT2D eigenvalue weighted by atomic mass is 32.1. The Balaban J connectivity index is 1.89. The van der Waals surface area contributed by atoms with Crippen LogP contribution in [-0.4, -0.2) is 11.4 Å². The van der Waals surface area contributed by atoms with Crippen LogP contribution >= 0.6 is 11.3 Å². The van der Waals surface area contributed by atoms with Gasteiger partial charge < -0.3 is 11.1 Å². The Bertz CT molecular complexity index is 564. The van der Waals surface area contributed by atoms with Crippen molar-refractivity contribution < 1.29 is 4.79 Å². The van der Waals surface area contributed by atoms with Gasteiger partial charge in [0.15, 0.2) is 0 Å². The molecule has 0 aliphatic carbocycles. The van der Waals surface area contributed by atoms with Crippen LogP contribution in [-0.2, 0) is 11.2 Å². The molecule has 0 radical (unpaired) electrons. The molecule has 4 heteroatoms. The van der Waals surface area contributed by atoms with Crippen LogP contribution in [0, 0.1) is 0 Å². The minimum Gasteiger partial charge on any atom is -0.350 e. The normalized spacial score (nSPS) is 12.9. The predicted octanol–water partition coefficient (Wildman–Crippen LogP) is 3.28. The van der Waals surface area contributed by atoms with Gasteiger partial charge in [-0.15, -0.1) is 11.3 Å². The van der Waals surface area contributed by atoms with Crippen LogP contribution in [0.15, 0.2) is 47.8 Å². The number of nitrogens with two attached hydrogens (primary N) is 1. The third kappa shape index (κ3) is 4.69. The molecular formula is C17H22N2OS. The predicted molar refractivity (Wildman–Crippen MR) is 88.2 cm³/mol. The molecule has 1 atom stereocenters. The molecule has 112 valence electrons. The van der Waals surface area contributed by atoms with Gasteiger partial charge in [-0.1, -0.05) is 36.4 Å².